The smallest absolute Gasteiger partial charge is 0.241 e. The number of nitrogens with two attached hydrogens (primary N) is 2. The molecule has 2 fully saturated rings. The van der Waals surface area contributed by atoms with Crippen molar-refractivity contribution in [2.75, 3.05) is 20.2 Å². The average molecular weight is 574 g/mol. The SMILES string of the molecule is C.C=C(C)N=C(/N=C(\C)N(N)Cc1ccc(OC)c(C)c1)N(N)C1CCCCCC1.CC.CCC1CCCN1CC. The van der Waals surface area contributed by atoms with Crippen molar-refractivity contribution in [2.45, 2.75) is 132 Å². The second-order valence-electron chi connectivity index (χ2n) is 10.6. The van der Waals surface area contributed by atoms with Crippen molar-refractivity contribution < 1.29 is 4.74 Å². The second-order valence-corrected chi connectivity index (χ2v) is 10.6. The monoisotopic (exact) mass is 574 g/mol. The first-order valence-corrected chi connectivity index (χ1v) is 15.4. The van der Waals surface area contributed by atoms with Crippen molar-refractivity contribution in [3.05, 3.63) is 41.6 Å². The van der Waals surface area contributed by atoms with Crippen LogP contribution in [0.25, 0.3) is 0 Å². The number of nitrogens with zero attached hydrogens (tertiary/aromatic N) is 5. The third kappa shape index (κ3) is 13.4. The number of guanidine groups is 1. The fraction of sp³-hybridized carbons (Fsp3) is 0.697. The highest BCUT2D eigenvalue weighted by atomic mass is 16.5. The van der Waals surface area contributed by atoms with Gasteiger partial charge in [0.2, 0.25) is 5.96 Å². The number of hydrogen-bond donors (Lipinski definition) is 2. The maximum atomic E-state index is 6.44. The molecule has 0 spiro atoms. The maximum absolute atomic E-state index is 6.44. The zero-order valence-corrected chi connectivity index (χ0v) is 26.9. The van der Waals surface area contributed by atoms with E-state index in [1.807, 2.05) is 46.8 Å². The van der Waals surface area contributed by atoms with Gasteiger partial charge in [-0.1, -0.05) is 79.5 Å². The summed E-state index contributed by atoms with van der Waals surface area (Å²) < 4.78 is 5.32. The first-order chi connectivity index (χ1) is 19.2. The number of aryl methyl sites for hydroxylation is 1. The summed E-state index contributed by atoms with van der Waals surface area (Å²) in [7, 11) is 1.67. The summed E-state index contributed by atoms with van der Waals surface area (Å²) in [4.78, 5) is 11.7. The van der Waals surface area contributed by atoms with Crippen LogP contribution in [0.5, 0.6) is 5.75 Å². The van der Waals surface area contributed by atoms with Crippen LogP contribution in [-0.2, 0) is 6.54 Å². The van der Waals surface area contributed by atoms with Crippen LogP contribution >= 0.6 is 0 Å². The Labute approximate surface area is 252 Å². The van der Waals surface area contributed by atoms with Gasteiger partial charge in [-0.15, -0.1) is 0 Å². The topological polar surface area (TPSA) is 95.7 Å². The molecule has 1 saturated heterocycles. The third-order valence-electron chi connectivity index (χ3n) is 7.61. The predicted octanol–water partition coefficient (Wildman–Crippen LogP) is 7.43. The zero-order valence-electron chi connectivity index (χ0n) is 26.9. The van der Waals surface area contributed by atoms with E-state index < -0.39 is 0 Å². The van der Waals surface area contributed by atoms with E-state index in [1.54, 1.807) is 17.1 Å². The van der Waals surface area contributed by atoms with Gasteiger partial charge in [-0.05, 0) is 83.2 Å². The van der Waals surface area contributed by atoms with Crippen LogP contribution in [0, 0.1) is 6.92 Å². The Morgan fingerprint density at radius 1 is 1.02 bits per heavy atom. The summed E-state index contributed by atoms with van der Waals surface area (Å²) in [6.45, 7) is 21.3. The molecule has 1 aliphatic carbocycles. The summed E-state index contributed by atoms with van der Waals surface area (Å²) in [5, 5.41) is 3.31. The van der Waals surface area contributed by atoms with Gasteiger partial charge in [0, 0.05) is 17.8 Å². The van der Waals surface area contributed by atoms with Crippen LogP contribution in [0.15, 0.2) is 40.5 Å². The number of hydrazine groups is 2. The predicted molar refractivity (Wildman–Crippen MR) is 179 cm³/mol. The number of allylic oxidation sites excluding steroid dienone is 1. The molecule has 1 aliphatic heterocycles. The maximum Gasteiger partial charge on any atom is 0.241 e. The molecular formula is C33H63N7O. The number of methoxy groups -OCH3 is 1. The molecule has 1 unspecified atom stereocenters. The van der Waals surface area contributed by atoms with Gasteiger partial charge in [0.25, 0.3) is 0 Å². The first-order valence-electron chi connectivity index (χ1n) is 15.4. The third-order valence-corrected chi connectivity index (χ3v) is 7.61. The lowest BCUT2D eigenvalue weighted by Crippen LogP contribution is -2.46. The van der Waals surface area contributed by atoms with Gasteiger partial charge in [-0.25, -0.2) is 16.7 Å². The van der Waals surface area contributed by atoms with E-state index >= 15 is 0 Å². The van der Waals surface area contributed by atoms with Gasteiger partial charge in [0.05, 0.1) is 13.7 Å². The number of hydrogen-bond acceptors (Lipinski definition) is 5. The molecule has 0 bridgehead atoms. The zero-order chi connectivity index (χ0) is 30.1. The lowest BCUT2D eigenvalue weighted by Gasteiger charge is -2.28. The van der Waals surface area contributed by atoms with Crippen LogP contribution in [0.1, 0.15) is 118 Å². The van der Waals surface area contributed by atoms with Gasteiger partial charge in [-0.2, -0.15) is 4.99 Å². The fourth-order valence-electron chi connectivity index (χ4n) is 5.34. The van der Waals surface area contributed by atoms with Gasteiger partial charge in [-0.3, -0.25) is 10.0 Å². The van der Waals surface area contributed by atoms with Gasteiger partial charge in [0.15, 0.2) is 0 Å². The number of rotatable bonds is 7. The molecule has 1 aromatic carbocycles. The quantitative estimate of drug-likeness (QED) is 0.116. The Balaban J connectivity index is 0.00000112. The molecular weight excluding hydrogens is 510 g/mol. The largest absolute Gasteiger partial charge is 0.496 e. The highest BCUT2D eigenvalue weighted by Crippen LogP contribution is 2.22. The Morgan fingerprint density at radius 3 is 2.15 bits per heavy atom. The van der Waals surface area contributed by atoms with Crippen molar-refractivity contribution in [3.63, 3.8) is 0 Å². The van der Waals surface area contributed by atoms with Crippen molar-refractivity contribution >= 4 is 11.8 Å². The minimum Gasteiger partial charge on any atom is -0.496 e. The van der Waals surface area contributed by atoms with Crippen molar-refractivity contribution in [1.29, 1.82) is 0 Å². The molecule has 0 amide bonds. The second kappa shape index (κ2) is 21.3. The Hall–Kier alpha value is -2.42. The number of aliphatic imine (C=N–C) groups is 2. The number of likely N-dealkylation sites (tertiary alicyclic amines) is 1. The normalized spacial score (nSPS) is 18.1. The molecule has 1 atom stereocenters. The minimum absolute atomic E-state index is 0. The van der Waals surface area contributed by atoms with Crippen LogP contribution in [-0.4, -0.2) is 59.0 Å². The number of benzene rings is 1. The molecule has 236 valence electrons. The molecule has 3 rings (SSSR count). The summed E-state index contributed by atoms with van der Waals surface area (Å²) in [5.74, 6) is 14.7. The standard InChI is InChI=1S/C22H36N6O.C8H17N.C2H6.CH4/c1-16(2)25-22(28(24)20-10-8-6-7-9-11-20)26-18(4)27(23)15-19-12-13-21(29-5)17(3)14-19;1-3-8-6-5-7-9(8)4-2;1-2;/h12-14,20H,1,6-11,15,23-24H2,2-5H3;8H,3-7H2,1-2H3;1-2H3;1H4/b25-22?,26-18+;;;. The molecule has 1 heterocycles. The molecule has 1 saturated carbocycles. The molecule has 8 heteroatoms. The van der Waals surface area contributed by atoms with Crippen LogP contribution in [0.2, 0.25) is 0 Å². The molecule has 41 heavy (non-hydrogen) atoms. The van der Waals surface area contributed by atoms with Crippen LogP contribution < -0.4 is 16.4 Å². The van der Waals surface area contributed by atoms with E-state index in [4.69, 9.17) is 16.4 Å². The van der Waals surface area contributed by atoms with E-state index in [0.29, 0.717) is 24.0 Å². The van der Waals surface area contributed by atoms with Crippen LogP contribution in [0.3, 0.4) is 0 Å². The lowest BCUT2D eigenvalue weighted by molar-refractivity contribution is 0.262. The van der Waals surface area contributed by atoms with E-state index in [0.717, 1.165) is 35.8 Å². The number of ether oxygens (including phenoxy) is 1. The summed E-state index contributed by atoms with van der Waals surface area (Å²) in [5.41, 5.74) is 2.81. The molecule has 2 aliphatic rings. The molecule has 0 aromatic heterocycles. The van der Waals surface area contributed by atoms with Gasteiger partial charge in [0.1, 0.15) is 11.6 Å². The Morgan fingerprint density at radius 2 is 1.66 bits per heavy atom. The highest BCUT2D eigenvalue weighted by molar-refractivity contribution is 5.94. The molecule has 1 aromatic rings. The van der Waals surface area contributed by atoms with E-state index in [-0.39, 0.29) is 13.5 Å². The first kappa shape index (κ1) is 38.6. The average Bonchev–Trinajstić information content (AvgIpc) is 3.25. The summed E-state index contributed by atoms with van der Waals surface area (Å²) in [6, 6.07) is 7.17. The fourth-order valence-corrected chi connectivity index (χ4v) is 5.34. The van der Waals surface area contributed by atoms with Crippen molar-refractivity contribution in [2.24, 2.45) is 21.7 Å². The van der Waals surface area contributed by atoms with Gasteiger partial charge >= 0.3 is 0 Å². The molecule has 4 N–H and O–H groups in total. The summed E-state index contributed by atoms with van der Waals surface area (Å²) in [6.07, 6.45) is 11.2. The van der Waals surface area contributed by atoms with Gasteiger partial charge < -0.3 is 9.64 Å². The molecule has 8 nitrogen and oxygen atoms in total. The van der Waals surface area contributed by atoms with E-state index in [2.05, 4.69) is 41.4 Å². The summed E-state index contributed by atoms with van der Waals surface area (Å²) >= 11 is 0. The number of amidine groups is 1. The highest BCUT2D eigenvalue weighted by Gasteiger charge is 2.22. The minimum atomic E-state index is 0. The Bertz CT molecular complexity index is 912. The van der Waals surface area contributed by atoms with Crippen LogP contribution in [0.4, 0.5) is 0 Å². The van der Waals surface area contributed by atoms with Crippen molar-refractivity contribution in [3.8, 4) is 5.75 Å². The lowest BCUT2D eigenvalue weighted by atomic mass is 10.1. The Kier molecular flexibility index (Phi) is 20.0. The van der Waals surface area contributed by atoms with Crippen molar-refractivity contribution in [1.82, 2.24) is 14.9 Å². The van der Waals surface area contributed by atoms with E-state index in [9.17, 15) is 0 Å². The molecule has 0 radical (unpaired) electrons. The van der Waals surface area contributed by atoms with E-state index in [1.165, 1.54) is 58.0 Å².